The predicted octanol–water partition coefficient (Wildman–Crippen LogP) is -0.537. The van der Waals surface area contributed by atoms with E-state index in [0.717, 1.165) is 0 Å². The Balaban J connectivity index is 2.56. The van der Waals surface area contributed by atoms with Gasteiger partial charge in [-0.3, -0.25) is 4.98 Å². The van der Waals surface area contributed by atoms with Crippen LogP contribution in [0, 0.1) is 0 Å². The molecular weight excluding hydrogens is 144 g/mol. The van der Waals surface area contributed by atoms with E-state index in [9.17, 15) is 0 Å². The summed E-state index contributed by atoms with van der Waals surface area (Å²) < 4.78 is 0. The molecule has 0 saturated carbocycles. The molecule has 0 fully saturated rings. The van der Waals surface area contributed by atoms with Crippen LogP contribution in [0.3, 0.4) is 0 Å². The first-order chi connectivity index (χ1) is 5.33. The van der Waals surface area contributed by atoms with Crippen molar-refractivity contribution < 1.29 is 5.11 Å². The lowest BCUT2D eigenvalue weighted by atomic mass is 10.6. The molecule has 0 aromatic carbocycles. The van der Waals surface area contributed by atoms with E-state index in [2.05, 4.69) is 15.3 Å². The van der Waals surface area contributed by atoms with Crippen molar-refractivity contribution >= 4 is 11.6 Å². The van der Waals surface area contributed by atoms with Crippen LogP contribution >= 0.6 is 0 Å². The van der Waals surface area contributed by atoms with Crippen molar-refractivity contribution in [2.24, 2.45) is 0 Å². The lowest BCUT2D eigenvalue weighted by Gasteiger charge is -2.01. The molecule has 0 atom stereocenters. The monoisotopic (exact) mass is 154 g/mol. The van der Waals surface area contributed by atoms with Gasteiger partial charge in [-0.25, -0.2) is 4.98 Å². The van der Waals surface area contributed by atoms with Crippen LogP contribution in [0.15, 0.2) is 12.4 Å². The molecule has 1 rings (SSSR count). The van der Waals surface area contributed by atoms with Crippen molar-refractivity contribution in [2.75, 3.05) is 24.2 Å². The summed E-state index contributed by atoms with van der Waals surface area (Å²) in [4.78, 5) is 7.71. The Morgan fingerprint density at radius 1 is 1.55 bits per heavy atom. The fourth-order valence-electron chi connectivity index (χ4n) is 0.650. The summed E-state index contributed by atoms with van der Waals surface area (Å²) in [7, 11) is 0. The van der Waals surface area contributed by atoms with Gasteiger partial charge in [-0.2, -0.15) is 0 Å². The maximum Gasteiger partial charge on any atom is 0.147 e. The lowest BCUT2D eigenvalue weighted by molar-refractivity contribution is 0.311. The quantitative estimate of drug-likeness (QED) is 0.544. The summed E-state index contributed by atoms with van der Waals surface area (Å²) in [5, 5.41) is 11.3. The second-order valence-electron chi connectivity index (χ2n) is 1.98. The minimum absolute atomic E-state index is 0.0660. The smallest absolute Gasteiger partial charge is 0.147 e. The van der Waals surface area contributed by atoms with Gasteiger partial charge in [0.15, 0.2) is 0 Å². The highest BCUT2D eigenvalue weighted by atomic mass is 16.3. The summed E-state index contributed by atoms with van der Waals surface area (Å²) in [6.07, 6.45) is 3.01. The summed E-state index contributed by atoms with van der Waals surface area (Å²) in [6.45, 7) is 0.522. The third kappa shape index (κ3) is 2.38. The Morgan fingerprint density at radius 3 is 3.00 bits per heavy atom. The molecule has 5 heteroatoms. The second-order valence-corrected chi connectivity index (χ2v) is 1.98. The molecule has 1 aromatic rings. The van der Waals surface area contributed by atoms with Crippen molar-refractivity contribution in [1.82, 2.24) is 9.97 Å². The number of anilines is 2. The fourth-order valence-corrected chi connectivity index (χ4v) is 0.650. The molecule has 0 bridgehead atoms. The van der Waals surface area contributed by atoms with Gasteiger partial charge >= 0.3 is 0 Å². The minimum atomic E-state index is 0.0660. The van der Waals surface area contributed by atoms with Gasteiger partial charge in [-0.1, -0.05) is 0 Å². The van der Waals surface area contributed by atoms with Crippen LogP contribution in [0.1, 0.15) is 0 Å². The van der Waals surface area contributed by atoms with Gasteiger partial charge in [0.25, 0.3) is 0 Å². The SMILES string of the molecule is Nc1cncc(NCCO)n1. The Bertz CT molecular complexity index is 228. The van der Waals surface area contributed by atoms with Crippen molar-refractivity contribution in [3.63, 3.8) is 0 Å². The van der Waals surface area contributed by atoms with E-state index in [4.69, 9.17) is 10.8 Å². The van der Waals surface area contributed by atoms with E-state index < -0.39 is 0 Å². The van der Waals surface area contributed by atoms with Crippen molar-refractivity contribution in [2.45, 2.75) is 0 Å². The van der Waals surface area contributed by atoms with E-state index in [1.54, 1.807) is 6.20 Å². The zero-order valence-corrected chi connectivity index (χ0v) is 5.99. The number of nitrogens with one attached hydrogen (secondary N) is 1. The number of hydrogen-bond donors (Lipinski definition) is 3. The molecule has 11 heavy (non-hydrogen) atoms. The molecule has 0 radical (unpaired) electrons. The molecule has 0 saturated heterocycles. The molecule has 0 spiro atoms. The number of rotatable bonds is 3. The molecule has 60 valence electrons. The third-order valence-electron chi connectivity index (χ3n) is 1.07. The van der Waals surface area contributed by atoms with Gasteiger partial charge in [0.1, 0.15) is 11.6 Å². The maximum atomic E-state index is 8.45. The largest absolute Gasteiger partial charge is 0.395 e. The number of nitrogens with two attached hydrogens (primary N) is 1. The number of aliphatic hydroxyl groups is 1. The lowest BCUT2D eigenvalue weighted by Crippen LogP contribution is -2.07. The standard InChI is InChI=1S/C6H10N4O/c7-5-3-8-4-6(10-5)9-1-2-11/h3-4,11H,1-2H2,(H3,7,9,10). The second kappa shape index (κ2) is 3.72. The maximum absolute atomic E-state index is 8.45. The van der Waals surface area contributed by atoms with Crippen LogP contribution in [-0.2, 0) is 0 Å². The van der Waals surface area contributed by atoms with Gasteiger partial charge in [-0.05, 0) is 0 Å². The first-order valence-electron chi connectivity index (χ1n) is 3.25. The summed E-state index contributed by atoms with van der Waals surface area (Å²) in [5.74, 6) is 0.951. The molecule has 0 aliphatic rings. The third-order valence-corrected chi connectivity index (χ3v) is 1.07. The highest BCUT2D eigenvalue weighted by Crippen LogP contribution is 2.01. The van der Waals surface area contributed by atoms with Crippen LogP contribution < -0.4 is 11.1 Å². The molecule has 4 N–H and O–H groups in total. The van der Waals surface area contributed by atoms with Crippen LogP contribution in [0.5, 0.6) is 0 Å². The van der Waals surface area contributed by atoms with Gasteiger partial charge < -0.3 is 16.2 Å². The minimum Gasteiger partial charge on any atom is -0.395 e. The highest BCUT2D eigenvalue weighted by molar-refractivity contribution is 5.37. The van der Waals surface area contributed by atoms with E-state index >= 15 is 0 Å². The Morgan fingerprint density at radius 2 is 2.36 bits per heavy atom. The fraction of sp³-hybridized carbons (Fsp3) is 0.333. The average Bonchev–Trinajstić information content (AvgIpc) is 2.01. The topological polar surface area (TPSA) is 84.1 Å². The number of aliphatic hydroxyl groups excluding tert-OH is 1. The molecule has 1 heterocycles. The first-order valence-corrected chi connectivity index (χ1v) is 3.25. The number of aromatic nitrogens is 2. The molecule has 0 aliphatic heterocycles. The Hall–Kier alpha value is -1.36. The van der Waals surface area contributed by atoms with E-state index in [1.807, 2.05) is 0 Å². The molecule has 0 amide bonds. The summed E-state index contributed by atoms with van der Waals surface area (Å²) in [6, 6.07) is 0. The first kappa shape index (κ1) is 7.74. The van der Waals surface area contributed by atoms with Crippen LogP contribution in [0.4, 0.5) is 11.6 Å². The molecule has 0 aliphatic carbocycles. The van der Waals surface area contributed by atoms with E-state index in [-0.39, 0.29) is 6.61 Å². The average molecular weight is 154 g/mol. The Labute approximate surface area is 64.3 Å². The van der Waals surface area contributed by atoms with E-state index in [1.165, 1.54) is 6.20 Å². The van der Waals surface area contributed by atoms with Crippen molar-refractivity contribution in [3.05, 3.63) is 12.4 Å². The number of nitrogen functional groups attached to an aromatic ring is 1. The molecule has 5 nitrogen and oxygen atoms in total. The normalized spacial score (nSPS) is 9.55. The summed E-state index contributed by atoms with van der Waals surface area (Å²) >= 11 is 0. The molecule has 1 aromatic heterocycles. The zero-order valence-electron chi connectivity index (χ0n) is 5.99. The van der Waals surface area contributed by atoms with Crippen LogP contribution in [0.25, 0.3) is 0 Å². The van der Waals surface area contributed by atoms with Gasteiger partial charge in [0, 0.05) is 6.54 Å². The van der Waals surface area contributed by atoms with Crippen molar-refractivity contribution in [1.29, 1.82) is 0 Å². The van der Waals surface area contributed by atoms with Crippen LogP contribution in [-0.4, -0.2) is 28.2 Å². The van der Waals surface area contributed by atoms with E-state index in [0.29, 0.717) is 18.2 Å². The van der Waals surface area contributed by atoms with Crippen LogP contribution in [0.2, 0.25) is 0 Å². The molecular formula is C6H10N4O. The van der Waals surface area contributed by atoms with Gasteiger partial charge in [0.05, 0.1) is 19.0 Å². The van der Waals surface area contributed by atoms with Gasteiger partial charge in [0.2, 0.25) is 0 Å². The predicted molar refractivity (Wildman–Crippen MR) is 42.0 cm³/mol. The Kier molecular flexibility index (Phi) is 2.62. The zero-order chi connectivity index (χ0) is 8.10. The van der Waals surface area contributed by atoms with Crippen molar-refractivity contribution in [3.8, 4) is 0 Å². The van der Waals surface area contributed by atoms with Gasteiger partial charge in [-0.15, -0.1) is 0 Å². The highest BCUT2D eigenvalue weighted by Gasteiger charge is 1.92. The summed E-state index contributed by atoms with van der Waals surface area (Å²) in [5.41, 5.74) is 5.35. The molecule has 0 unspecified atom stereocenters. The number of nitrogens with zero attached hydrogens (tertiary/aromatic N) is 2. The number of hydrogen-bond acceptors (Lipinski definition) is 5.